The van der Waals surface area contributed by atoms with Crippen molar-refractivity contribution >= 4 is 6.21 Å². The second-order valence-corrected chi connectivity index (χ2v) is 4.56. The summed E-state index contributed by atoms with van der Waals surface area (Å²) in [6, 6.07) is 11.4. The molecule has 5 heteroatoms. The number of hydrogen-bond acceptors (Lipinski definition) is 5. The number of methoxy groups -OCH3 is 2. The molecule has 116 valence electrons. The third-order valence-corrected chi connectivity index (χ3v) is 3.19. The molecule has 0 N–H and O–H groups in total. The van der Waals surface area contributed by atoms with Crippen LogP contribution in [-0.2, 0) is 17.9 Å². The Morgan fingerprint density at radius 2 is 1.73 bits per heavy atom. The van der Waals surface area contributed by atoms with E-state index in [2.05, 4.69) is 17.1 Å². The Morgan fingerprint density at radius 1 is 1.05 bits per heavy atom. The SMILES string of the molecule is CCc1cccc(C=NOCc2c(OC)cccc2OC)n1. The zero-order valence-corrected chi connectivity index (χ0v) is 13.1. The van der Waals surface area contributed by atoms with Gasteiger partial charge in [-0.25, -0.2) is 0 Å². The zero-order chi connectivity index (χ0) is 15.8. The number of oxime groups is 1. The normalized spacial score (nSPS) is 10.7. The van der Waals surface area contributed by atoms with Crippen LogP contribution in [-0.4, -0.2) is 25.4 Å². The highest BCUT2D eigenvalue weighted by molar-refractivity contribution is 5.76. The summed E-state index contributed by atoms with van der Waals surface area (Å²) in [5.41, 5.74) is 2.61. The van der Waals surface area contributed by atoms with E-state index >= 15 is 0 Å². The summed E-state index contributed by atoms with van der Waals surface area (Å²) in [5, 5.41) is 3.96. The van der Waals surface area contributed by atoms with E-state index in [1.807, 2.05) is 36.4 Å². The molecule has 2 aromatic rings. The van der Waals surface area contributed by atoms with E-state index in [0.717, 1.165) is 23.4 Å². The minimum absolute atomic E-state index is 0.261. The molecule has 5 nitrogen and oxygen atoms in total. The van der Waals surface area contributed by atoms with Crippen molar-refractivity contribution in [3.8, 4) is 11.5 Å². The second-order valence-electron chi connectivity index (χ2n) is 4.56. The van der Waals surface area contributed by atoms with Crippen LogP contribution >= 0.6 is 0 Å². The van der Waals surface area contributed by atoms with Crippen LogP contribution in [0.15, 0.2) is 41.6 Å². The van der Waals surface area contributed by atoms with Crippen LogP contribution in [0.1, 0.15) is 23.9 Å². The Balaban J connectivity index is 2.03. The van der Waals surface area contributed by atoms with E-state index in [-0.39, 0.29) is 6.61 Å². The zero-order valence-electron chi connectivity index (χ0n) is 13.1. The standard InChI is InChI=1S/C17H20N2O3/c1-4-13-7-5-8-14(19-13)11-18-22-12-15-16(20-2)9-6-10-17(15)21-3/h5-11H,4,12H2,1-3H3. The topological polar surface area (TPSA) is 52.9 Å². The average molecular weight is 300 g/mol. The maximum absolute atomic E-state index is 5.35. The third-order valence-electron chi connectivity index (χ3n) is 3.19. The molecule has 0 saturated carbocycles. The van der Waals surface area contributed by atoms with E-state index in [1.54, 1.807) is 20.4 Å². The van der Waals surface area contributed by atoms with Crippen molar-refractivity contribution in [1.82, 2.24) is 4.98 Å². The first-order valence-corrected chi connectivity index (χ1v) is 7.09. The molecule has 0 saturated heterocycles. The molecule has 1 aromatic carbocycles. The third kappa shape index (κ3) is 3.97. The molecular weight excluding hydrogens is 280 g/mol. The number of hydrogen-bond donors (Lipinski definition) is 0. The van der Waals surface area contributed by atoms with Gasteiger partial charge >= 0.3 is 0 Å². The van der Waals surface area contributed by atoms with Gasteiger partial charge in [-0.1, -0.05) is 24.2 Å². The molecule has 0 fully saturated rings. The van der Waals surface area contributed by atoms with Gasteiger partial charge in [0, 0.05) is 5.69 Å². The van der Waals surface area contributed by atoms with Crippen LogP contribution in [0.2, 0.25) is 0 Å². The average Bonchev–Trinajstić information content (AvgIpc) is 2.58. The van der Waals surface area contributed by atoms with Gasteiger partial charge in [-0.2, -0.15) is 0 Å². The molecule has 0 radical (unpaired) electrons. The first kappa shape index (κ1) is 15.8. The number of ether oxygens (including phenoxy) is 2. The van der Waals surface area contributed by atoms with Crippen molar-refractivity contribution in [3.63, 3.8) is 0 Å². The summed E-state index contributed by atoms with van der Waals surface area (Å²) in [5.74, 6) is 1.42. The van der Waals surface area contributed by atoms with Gasteiger partial charge < -0.3 is 14.3 Å². The lowest BCUT2D eigenvalue weighted by Gasteiger charge is -2.11. The van der Waals surface area contributed by atoms with Gasteiger partial charge in [0.05, 0.1) is 31.7 Å². The molecule has 1 heterocycles. The Morgan fingerprint density at radius 3 is 2.36 bits per heavy atom. The van der Waals surface area contributed by atoms with E-state index in [1.165, 1.54) is 0 Å². The van der Waals surface area contributed by atoms with Crippen LogP contribution < -0.4 is 9.47 Å². The molecule has 0 amide bonds. The summed E-state index contributed by atoms with van der Waals surface area (Å²) >= 11 is 0. The van der Waals surface area contributed by atoms with Crippen LogP contribution in [0.5, 0.6) is 11.5 Å². The predicted molar refractivity (Wildman–Crippen MR) is 85.5 cm³/mol. The molecule has 1 aromatic heterocycles. The summed E-state index contributed by atoms with van der Waals surface area (Å²) in [4.78, 5) is 9.78. The van der Waals surface area contributed by atoms with Crippen LogP contribution in [0.4, 0.5) is 0 Å². The first-order chi connectivity index (χ1) is 10.8. The Kier molecular flexibility index (Phi) is 5.77. The number of pyridine rings is 1. The molecule has 0 aliphatic rings. The number of benzene rings is 1. The van der Waals surface area contributed by atoms with Gasteiger partial charge in [-0.15, -0.1) is 0 Å². The summed E-state index contributed by atoms with van der Waals surface area (Å²) in [6.45, 7) is 2.32. The van der Waals surface area contributed by atoms with E-state index in [0.29, 0.717) is 11.5 Å². The fraction of sp³-hybridized carbons (Fsp3) is 0.294. The maximum Gasteiger partial charge on any atom is 0.149 e. The highest BCUT2D eigenvalue weighted by Gasteiger charge is 2.09. The van der Waals surface area contributed by atoms with Crippen molar-refractivity contribution in [2.45, 2.75) is 20.0 Å². The van der Waals surface area contributed by atoms with E-state index in [4.69, 9.17) is 14.3 Å². The molecule has 22 heavy (non-hydrogen) atoms. The van der Waals surface area contributed by atoms with Crippen molar-refractivity contribution in [3.05, 3.63) is 53.3 Å². The van der Waals surface area contributed by atoms with Gasteiger partial charge in [0.1, 0.15) is 18.1 Å². The maximum atomic E-state index is 5.35. The lowest BCUT2D eigenvalue weighted by Crippen LogP contribution is -1.98. The summed E-state index contributed by atoms with van der Waals surface area (Å²) in [6.07, 6.45) is 2.49. The Labute approximate surface area is 130 Å². The molecule has 0 spiro atoms. The second kappa shape index (κ2) is 8.02. The molecule has 0 aliphatic heterocycles. The van der Waals surface area contributed by atoms with E-state index in [9.17, 15) is 0 Å². The molecule has 0 aliphatic carbocycles. The molecule has 2 rings (SSSR count). The van der Waals surface area contributed by atoms with Crippen molar-refractivity contribution in [2.24, 2.45) is 5.16 Å². The van der Waals surface area contributed by atoms with Crippen LogP contribution in [0.25, 0.3) is 0 Å². The lowest BCUT2D eigenvalue weighted by molar-refractivity contribution is 0.127. The minimum atomic E-state index is 0.261. The highest BCUT2D eigenvalue weighted by atomic mass is 16.6. The van der Waals surface area contributed by atoms with Crippen LogP contribution in [0.3, 0.4) is 0 Å². The smallest absolute Gasteiger partial charge is 0.149 e. The van der Waals surface area contributed by atoms with Gasteiger partial charge in [0.2, 0.25) is 0 Å². The highest BCUT2D eigenvalue weighted by Crippen LogP contribution is 2.28. The largest absolute Gasteiger partial charge is 0.496 e. The summed E-state index contributed by atoms with van der Waals surface area (Å²) < 4.78 is 10.6. The quantitative estimate of drug-likeness (QED) is 0.582. The number of rotatable bonds is 7. The van der Waals surface area contributed by atoms with Crippen LogP contribution in [0, 0.1) is 0 Å². The fourth-order valence-electron chi connectivity index (χ4n) is 2.03. The number of aromatic nitrogens is 1. The van der Waals surface area contributed by atoms with Gasteiger partial charge in [0.25, 0.3) is 0 Å². The minimum Gasteiger partial charge on any atom is -0.496 e. The first-order valence-electron chi connectivity index (χ1n) is 7.09. The Bertz CT molecular complexity index is 619. The van der Waals surface area contributed by atoms with E-state index < -0.39 is 0 Å². The lowest BCUT2D eigenvalue weighted by atomic mass is 10.2. The summed E-state index contributed by atoms with van der Waals surface area (Å²) in [7, 11) is 3.23. The van der Waals surface area contributed by atoms with Crippen molar-refractivity contribution in [2.75, 3.05) is 14.2 Å². The van der Waals surface area contributed by atoms with Gasteiger partial charge in [-0.3, -0.25) is 4.98 Å². The monoisotopic (exact) mass is 300 g/mol. The number of aryl methyl sites for hydroxylation is 1. The molecule has 0 atom stereocenters. The fourth-order valence-corrected chi connectivity index (χ4v) is 2.03. The molecule has 0 unspecified atom stereocenters. The van der Waals surface area contributed by atoms with Gasteiger partial charge in [0.15, 0.2) is 0 Å². The number of nitrogens with zero attached hydrogens (tertiary/aromatic N) is 2. The Hall–Kier alpha value is -2.56. The predicted octanol–water partition coefficient (Wildman–Crippen LogP) is 3.21. The van der Waals surface area contributed by atoms with Crippen molar-refractivity contribution < 1.29 is 14.3 Å². The molecular formula is C17H20N2O3. The van der Waals surface area contributed by atoms with Crippen molar-refractivity contribution in [1.29, 1.82) is 0 Å². The molecule has 0 bridgehead atoms. The van der Waals surface area contributed by atoms with Gasteiger partial charge in [-0.05, 0) is 30.7 Å².